The van der Waals surface area contributed by atoms with E-state index < -0.39 is 0 Å². The van der Waals surface area contributed by atoms with Crippen LogP contribution in [0.15, 0.2) is 48.8 Å². The Bertz CT molecular complexity index is 439. The number of hydrogen-bond donors (Lipinski definition) is 1. The van der Waals surface area contributed by atoms with Gasteiger partial charge in [0.25, 0.3) is 0 Å². The highest BCUT2D eigenvalue weighted by Gasteiger charge is 2.11. The summed E-state index contributed by atoms with van der Waals surface area (Å²) in [5.74, 6) is -0.218. The monoisotopic (exact) mass is 216 g/mol. The molecule has 0 radical (unpaired) electrons. The van der Waals surface area contributed by atoms with Crippen molar-refractivity contribution in [3.63, 3.8) is 0 Å². The van der Waals surface area contributed by atoms with Crippen LogP contribution in [0.3, 0.4) is 0 Å². The van der Waals surface area contributed by atoms with Crippen LogP contribution in [0.2, 0.25) is 0 Å². The summed E-state index contributed by atoms with van der Waals surface area (Å²) in [6, 6.07) is 10.4. The summed E-state index contributed by atoms with van der Waals surface area (Å²) in [4.78, 5) is 4.08. The molecule has 0 unspecified atom stereocenters. The van der Waals surface area contributed by atoms with Crippen molar-refractivity contribution in [2.24, 2.45) is 0 Å². The number of aromatic nitrogens is 1. The molecule has 0 fully saturated rings. The van der Waals surface area contributed by atoms with Gasteiger partial charge in [0.2, 0.25) is 0 Å². The topological polar surface area (TPSA) is 24.9 Å². The van der Waals surface area contributed by atoms with Crippen LogP contribution in [0.25, 0.3) is 0 Å². The Labute approximate surface area is 94.2 Å². The predicted octanol–water partition coefficient (Wildman–Crippen LogP) is 2.53. The van der Waals surface area contributed by atoms with E-state index in [1.54, 1.807) is 18.3 Å². The van der Waals surface area contributed by atoms with Gasteiger partial charge in [0.15, 0.2) is 0 Å². The lowest BCUT2D eigenvalue weighted by Crippen LogP contribution is -2.17. The molecule has 2 nitrogen and oxygen atoms in total. The first-order valence-electron chi connectivity index (χ1n) is 5.14. The number of halogens is 1. The zero-order valence-electron chi connectivity index (χ0n) is 9.02. The van der Waals surface area contributed by atoms with Crippen LogP contribution in [-0.4, -0.2) is 12.0 Å². The highest BCUT2D eigenvalue weighted by molar-refractivity contribution is 5.29. The number of rotatable bonds is 3. The maximum atomic E-state index is 12.8. The van der Waals surface area contributed by atoms with Gasteiger partial charge in [0.05, 0.1) is 6.04 Å². The van der Waals surface area contributed by atoms with Gasteiger partial charge in [-0.2, -0.15) is 0 Å². The van der Waals surface area contributed by atoms with Gasteiger partial charge < -0.3 is 5.32 Å². The van der Waals surface area contributed by atoms with Gasteiger partial charge in [-0.25, -0.2) is 4.39 Å². The van der Waals surface area contributed by atoms with E-state index in [-0.39, 0.29) is 11.9 Å². The lowest BCUT2D eigenvalue weighted by Gasteiger charge is -2.16. The molecule has 2 aromatic rings. The first kappa shape index (κ1) is 10.8. The molecule has 1 N–H and O–H groups in total. The van der Waals surface area contributed by atoms with Crippen molar-refractivity contribution < 1.29 is 4.39 Å². The Morgan fingerprint density at radius 3 is 2.44 bits per heavy atom. The molecule has 0 saturated heterocycles. The first-order valence-corrected chi connectivity index (χ1v) is 5.14. The predicted molar refractivity (Wildman–Crippen MR) is 61.5 cm³/mol. The average molecular weight is 216 g/mol. The third-order valence-corrected chi connectivity index (χ3v) is 2.51. The van der Waals surface area contributed by atoms with Crippen LogP contribution in [0.4, 0.5) is 4.39 Å². The SMILES string of the molecule is CN[C@H](c1ccc(F)cc1)c1cccnc1. The van der Waals surface area contributed by atoms with Gasteiger partial charge in [-0.1, -0.05) is 18.2 Å². The Morgan fingerprint density at radius 2 is 1.88 bits per heavy atom. The lowest BCUT2D eigenvalue weighted by molar-refractivity contribution is 0.623. The van der Waals surface area contributed by atoms with Crippen molar-refractivity contribution in [1.82, 2.24) is 10.3 Å². The molecule has 0 aliphatic rings. The van der Waals surface area contributed by atoms with Gasteiger partial charge in [-0.3, -0.25) is 4.98 Å². The fourth-order valence-electron chi connectivity index (χ4n) is 1.73. The number of pyridine rings is 1. The fraction of sp³-hybridized carbons (Fsp3) is 0.154. The Kier molecular flexibility index (Phi) is 3.27. The number of hydrogen-bond acceptors (Lipinski definition) is 2. The Balaban J connectivity index is 2.33. The van der Waals surface area contributed by atoms with Crippen molar-refractivity contribution in [2.45, 2.75) is 6.04 Å². The van der Waals surface area contributed by atoms with Crippen LogP contribution in [0.1, 0.15) is 17.2 Å². The molecule has 0 amide bonds. The van der Waals surface area contributed by atoms with E-state index in [9.17, 15) is 4.39 Å². The van der Waals surface area contributed by atoms with Crippen molar-refractivity contribution in [2.75, 3.05) is 7.05 Å². The van der Waals surface area contributed by atoms with Crippen LogP contribution in [-0.2, 0) is 0 Å². The molecular weight excluding hydrogens is 203 g/mol. The van der Waals surface area contributed by atoms with E-state index in [0.29, 0.717) is 0 Å². The molecule has 0 bridgehead atoms. The quantitative estimate of drug-likeness (QED) is 0.852. The third kappa shape index (κ3) is 2.25. The molecule has 1 heterocycles. The van der Waals surface area contributed by atoms with Gasteiger partial charge >= 0.3 is 0 Å². The van der Waals surface area contributed by atoms with E-state index in [4.69, 9.17) is 0 Å². The molecule has 0 aliphatic heterocycles. The summed E-state index contributed by atoms with van der Waals surface area (Å²) >= 11 is 0. The first-order chi connectivity index (χ1) is 7.81. The lowest BCUT2D eigenvalue weighted by atomic mass is 10.0. The highest BCUT2D eigenvalue weighted by Crippen LogP contribution is 2.20. The third-order valence-electron chi connectivity index (χ3n) is 2.51. The standard InChI is InChI=1S/C13H13FN2/c1-15-13(11-3-2-8-16-9-11)10-4-6-12(14)7-5-10/h2-9,13,15H,1H3/t13-/m1/s1. The van der Waals surface area contributed by atoms with Crippen molar-refractivity contribution in [3.8, 4) is 0 Å². The largest absolute Gasteiger partial charge is 0.309 e. The van der Waals surface area contributed by atoms with Crippen molar-refractivity contribution in [3.05, 3.63) is 65.7 Å². The second-order valence-corrected chi connectivity index (χ2v) is 3.56. The van der Waals surface area contributed by atoms with E-state index in [2.05, 4.69) is 10.3 Å². The smallest absolute Gasteiger partial charge is 0.123 e. The summed E-state index contributed by atoms with van der Waals surface area (Å²) in [5, 5.41) is 3.19. The summed E-state index contributed by atoms with van der Waals surface area (Å²) < 4.78 is 12.8. The molecule has 2 rings (SSSR count). The summed E-state index contributed by atoms with van der Waals surface area (Å²) in [6.45, 7) is 0. The maximum absolute atomic E-state index is 12.8. The Hall–Kier alpha value is -1.74. The number of benzene rings is 1. The second-order valence-electron chi connectivity index (χ2n) is 3.56. The van der Waals surface area contributed by atoms with E-state index >= 15 is 0 Å². The molecule has 0 spiro atoms. The second kappa shape index (κ2) is 4.86. The number of nitrogens with zero attached hydrogens (tertiary/aromatic N) is 1. The Morgan fingerprint density at radius 1 is 1.12 bits per heavy atom. The molecule has 16 heavy (non-hydrogen) atoms. The van der Waals surface area contributed by atoms with Gasteiger partial charge in [0, 0.05) is 12.4 Å². The minimum Gasteiger partial charge on any atom is -0.309 e. The highest BCUT2D eigenvalue weighted by atomic mass is 19.1. The molecule has 1 atom stereocenters. The zero-order valence-corrected chi connectivity index (χ0v) is 9.02. The van der Waals surface area contributed by atoms with Crippen LogP contribution in [0.5, 0.6) is 0 Å². The molecule has 0 aliphatic carbocycles. The summed E-state index contributed by atoms with van der Waals surface area (Å²) in [6.07, 6.45) is 3.55. The van der Waals surface area contributed by atoms with Crippen LogP contribution in [0, 0.1) is 5.82 Å². The zero-order chi connectivity index (χ0) is 11.4. The van der Waals surface area contributed by atoms with E-state index in [0.717, 1.165) is 11.1 Å². The van der Waals surface area contributed by atoms with Gasteiger partial charge in [0.1, 0.15) is 5.82 Å². The minimum atomic E-state index is -0.218. The fourth-order valence-corrected chi connectivity index (χ4v) is 1.73. The summed E-state index contributed by atoms with van der Waals surface area (Å²) in [5.41, 5.74) is 2.09. The maximum Gasteiger partial charge on any atom is 0.123 e. The van der Waals surface area contributed by atoms with Crippen LogP contribution >= 0.6 is 0 Å². The number of nitrogens with one attached hydrogen (secondary N) is 1. The molecule has 1 aromatic heterocycles. The molecule has 1 aromatic carbocycles. The molecular formula is C13H13FN2. The van der Waals surface area contributed by atoms with E-state index in [1.807, 2.05) is 25.4 Å². The van der Waals surface area contributed by atoms with Crippen LogP contribution < -0.4 is 5.32 Å². The molecule has 82 valence electrons. The van der Waals surface area contributed by atoms with E-state index in [1.165, 1.54) is 12.1 Å². The van der Waals surface area contributed by atoms with Crippen molar-refractivity contribution >= 4 is 0 Å². The molecule has 3 heteroatoms. The summed E-state index contributed by atoms with van der Waals surface area (Å²) in [7, 11) is 1.88. The minimum absolute atomic E-state index is 0.0503. The molecule has 0 saturated carbocycles. The average Bonchev–Trinajstić information content (AvgIpc) is 2.34. The van der Waals surface area contributed by atoms with Gasteiger partial charge in [-0.05, 0) is 36.4 Å². The van der Waals surface area contributed by atoms with Crippen molar-refractivity contribution in [1.29, 1.82) is 0 Å². The normalized spacial score (nSPS) is 12.4. The van der Waals surface area contributed by atoms with Gasteiger partial charge in [-0.15, -0.1) is 0 Å².